The minimum Gasteiger partial charge on any atom is -0.485 e. The Morgan fingerprint density at radius 1 is 1.25 bits per heavy atom. The summed E-state index contributed by atoms with van der Waals surface area (Å²) in [6, 6.07) is 9.36. The molecule has 1 aliphatic carbocycles. The second-order valence-corrected chi connectivity index (χ2v) is 7.37. The van der Waals surface area contributed by atoms with E-state index in [-0.39, 0.29) is 12.5 Å². The molecule has 1 amide bonds. The average Bonchev–Trinajstić information content (AvgIpc) is 3.41. The third kappa shape index (κ3) is 4.50. The Balaban J connectivity index is 1.27. The van der Waals surface area contributed by atoms with Gasteiger partial charge in [-0.1, -0.05) is 43.0 Å². The van der Waals surface area contributed by atoms with E-state index in [2.05, 4.69) is 15.5 Å². The van der Waals surface area contributed by atoms with E-state index in [4.69, 9.17) is 9.26 Å². The molecule has 0 bridgehead atoms. The minimum absolute atomic E-state index is 0.197. The molecule has 28 heavy (non-hydrogen) atoms. The summed E-state index contributed by atoms with van der Waals surface area (Å²) in [5.41, 5.74) is 0.293. The number of rotatable bonds is 8. The molecule has 146 valence electrons. The van der Waals surface area contributed by atoms with Gasteiger partial charge < -0.3 is 14.6 Å². The number of ether oxygens (including phenoxy) is 1. The van der Waals surface area contributed by atoms with E-state index < -0.39 is 0 Å². The second kappa shape index (κ2) is 8.87. The lowest BCUT2D eigenvalue weighted by atomic mass is 10.0. The van der Waals surface area contributed by atoms with Crippen molar-refractivity contribution in [2.75, 3.05) is 6.54 Å². The van der Waals surface area contributed by atoms with Crippen molar-refractivity contribution in [3.05, 3.63) is 54.2 Å². The third-order valence-electron chi connectivity index (χ3n) is 5.35. The van der Waals surface area contributed by atoms with Crippen LogP contribution in [0.25, 0.3) is 10.8 Å². The monoisotopic (exact) mass is 379 g/mol. The SMILES string of the molecule is O=C(NCCCC1CCCC1)c1cc(COc2cccc3cnccc23)on1. The summed E-state index contributed by atoms with van der Waals surface area (Å²) >= 11 is 0. The summed E-state index contributed by atoms with van der Waals surface area (Å²) in [5.74, 6) is 1.91. The molecule has 0 atom stereocenters. The summed E-state index contributed by atoms with van der Waals surface area (Å²) in [7, 11) is 0. The molecule has 1 saturated carbocycles. The summed E-state index contributed by atoms with van der Waals surface area (Å²) in [6.07, 6.45) is 11.1. The van der Waals surface area contributed by atoms with Gasteiger partial charge in [0.2, 0.25) is 0 Å². The topological polar surface area (TPSA) is 77.2 Å². The number of carbonyl (C=O) groups excluding carboxylic acids is 1. The van der Waals surface area contributed by atoms with Gasteiger partial charge >= 0.3 is 0 Å². The zero-order chi connectivity index (χ0) is 19.2. The molecular weight excluding hydrogens is 354 g/mol. The number of aromatic nitrogens is 2. The Hall–Kier alpha value is -2.89. The molecule has 0 spiro atoms. The van der Waals surface area contributed by atoms with Crippen LogP contribution in [0.3, 0.4) is 0 Å². The molecule has 1 aromatic carbocycles. The van der Waals surface area contributed by atoms with Gasteiger partial charge in [-0.15, -0.1) is 0 Å². The van der Waals surface area contributed by atoms with Gasteiger partial charge in [-0.3, -0.25) is 9.78 Å². The van der Waals surface area contributed by atoms with Crippen LogP contribution in [0.15, 0.2) is 47.2 Å². The first-order chi connectivity index (χ1) is 13.8. The second-order valence-electron chi connectivity index (χ2n) is 7.37. The first-order valence-electron chi connectivity index (χ1n) is 9.99. The Labute approximate surface area is 164 Å². The number of hydrogen-bond donors (Lipinski definition) is 1. The average molecular weight is 379 g/mol. The summed E-state index contributed by atoms with van der Waals surface area (Å²) in [6.45, 7) is 0.890. The van der Waals surface area contributed by atoms with Crippen molar-refractivity contribution in [3.63, 3.8) is 0 Å². The first kappa shape index (κ1) is 18.5. The molecule has 2 heterocycles. The van der Waals surface area contributed by atoms with Crippen LogP contribution >= 0.6 is 0 Å². The minimum atomic E-state index is -0.197. The molecule has 4 rings (SSSR count). The van der Waals surface area contributed by atoms with Crippen LogP contribution in [0.1, 0.15) is 54.8 Å². The van der Waals surface area contributed by atoms with Crippen LogP contribution in [0.2, 0.25) is 0 Å². The van der Waals surface area contributed by atoms with Crippen molar-refractivity contribution < 1.29 is 14.1 Å². The van der Waals surface area contributed by atoms with Gasteiger partial charge in [-0.2, -0.15) is 0 Å². The highest BCUT2D eigenvalue weighted by Crippen LogP contribution is 2.28. The molecule has 3 aromatic rings. The van der Waals surface area contributed by atoms with Gasteiger partial charge in [0.05, 0.1) is 0 Å². The van der Waals surface area contributed by atoms with Gasteiger partial charge in [-0.25, -0.2) is 0 Å². The van der Waals surface area contributed by atoms with Crippen molar-refractivity contribution in [1.29, 1.82) is 0 Å². The molecule has 2 aromatic heterocycles. The largest absolute Gasteiger partial charge is 0.485 e. The number of amides is 1. The van der Waals surface area contributed by atoms with Crippen LogP contribution in [-0.4, -0.2) is 22.6 Å². The number of hydrogen-bond acceptors (Lipinski definition) is 5. The zero-order valence-electron chi connectivity index (χ0n) is 15.9. The molecule has 1 N–H and O–H groups in total. The van der Waals surface area contributed by atoms with Crippen LogP contribution in [0, 0.1) is 5.92 Å². The standard InChI is InChI=1S/C22H25N3O3/c26-22(24-11-4-7-16-5-1-2-6-16)20-13-18(28-25-20)15-27-21-9-3-8-17-14-23-12-10-19(17)21/h3,8-10,12-14,16H,1-2,4-7,11,15H2,(H,24,26). The van der Waals surface area contributed by atoms with E-state index in [0.717, 1.165) is 28.9 Å². The molecule has 0 unspecified atom stereocenters. The molecule has 1 fully saturated rings. The van der Waals surface area contributed by atoms with Crippen LogP contribution in [0.5, 0.6) is 5.75 Å². The maximum absolute atomic E-state index is 12.2. The molecule has 6 heteroatoms. The summed E-state index contributed by atoms with van der Waals surface area (Å²) < 4.78 is 11.1. The van der Waals surface area contributed by atoms with E-state index in [0.29, 0.717) is 18.0 Å². The van der Waals surface area contributed by atoms with Gasteiger partial charge in [0.15, 0.2) is 11.5 Å². The highest BCUT2D eigenvalue weighted by molar-refractivity contribution is 5.92. The van der Waals surface area contributed by atoms with Gasteiger partial charge in [0.25, 0.3) is 5.91 Å². The Morgan fingerprint density at radius 2 is 2.14 bits per heavy atom. The van der Waals surface area contributed by atoms with Gasteiger partial charge in [0.1, 0.15) is 12.4 Å². The molecule has 6 nitrogen and oxygen atoms in total. The van der Waals surface area contributed by atoms with Crippen LogP contribution in [-0.2, 0) is 6.61 Å². The Morgan fingerprint density at radius 3 is 3.04 bits per heavy atom. The lowest BCUT2D eigenvalue weighted by Gasteiger charge is -2.08. The number of carbonyl (C=O) groups is 1. The summed E-state index contributed by atoms with van der Waals surface area (Å²) in [4.78, 5) is 16.3. The van der Waals surface area contributed by atoms with Crippen LogP contribution < -0.4 is 10.1 Å². The van der Waals surface area contributed by atoms with E-state index in [1.54, 1.807) is 18.5 Å². The highest BCUT2D eigenvalue weighted by atomic mass is 16.5. The van der Waals surface area contributed by atoms with Crippen molar-refractivity contribution in [2.45, 2.75) is 45.1 Å². The molecule has 0 radical (unpaired) electrons. The molecule has 1 aliphatic rings. The number of pyridine rings is 1. The van der Waals surface area contributed by atoms with Crippen molar-refractivity contribution >= 4 is 16.7 Å². The number of nitrogens with zero attached hydrogens (tertiary/aromatic N) is 2. The number of fused-ring (bicyclic) bond motifs is 1. The third-order valence-corrected chi connectivity index (χ3v) is 5.35. The number of nitrogens with one attached hydrogen (secondary N) is 1. The smallest absolute Gasteiger partial charge is 0.273 e. The number of benzene rings is 1. The predicted octanol–water partition coefficient (Wildman–Crippen LogP) is 4.50. The normalized spacial score (nSPS) is 14.4. The predicted molar refractivity (Wildman–Crippen MR) is 106 cm³/mol. The van der Waals surface area contributed by atoms with Crippen molar-refractivity contribution in [3.8, 4) is 5.75 Å². The molecule has 0 aliphatic heterocycles. The lowest BCUT2D eigenvalue weighted by Crippen LogP contribution is -2.25. The maximum Gasteiger partial charge on any atom is 0.273 e. The maximum atomic E-state index is 12.2. The lowest BCUT2D eigenvalue weighted by molar-refractivity contribution is 0.0943. The van der Waals surface area contributed by atoms with E-state index in [1.807, 2.05) is 24.3 Å². The fourth-order valence-electron chi connectivity index (χ4n) is 3.84. The van der Waals surface area contributed by atoms with Crippen molar-refractivity contribution in [1.82, 2.24) is 15.5 Å². The molecule has 0 saturated heterocycles. The van der Waals surface area contributed by atoms with Gasteiger partial charge in [0, 0.05) is 35.8 Å². The Bertz CT molecular complexity index is 926. The van der Waals surface area contributed by atoms with Crippen LogP contribution in [0.4, 0.5) is 0 Å². The Kier molecular flexibility index (Phi) is 5.85. The summed E-state index contributed by atoms with van der Waals surface area (Å²) in [5, 5.41) is 8.79. The first-order valence-corrected chi connectivity index (χ1v) is 9.99. The van der Waals surface area contributed by atoms with E-state index in [1.165, 1.54) is 32.1 Å². The fraction of sp³-hybridized carbons (Fsp3) is 0.409. The highest BCUT2D eigenvalue weighted by Gasteiger charge is 2.16. The quantitative estimate of drug-likeness (QED) is 0.583. The zero-order valence-corrected chi connectivity index (χ0v) is 15.9. The van der Waals surface area contributed by atoms with E-state index in [9.17, 15) is 4.79 Å². The van der Waals surface area contributed by atoms with Gasteiger partial charge in [-0.05, 0) is 30.9 Å². The fourth-order valence-corrected chi connectivity index (χ4v) is 3.84. The van der Waals surface area contributed by atoms with E-state index >= 15 is 0 Å². The van der Waals surface area contributed by atoms with Crippen molar-refractivity contribution in [2.24, 2.45) is 5.92 Å². The molecular formula is C22H25N3O3.